The molecule has 2 atom stereocenters. The van der Waals surface area contributed by atoms with Gasteiger partial charge in [0.2, 0.25) is 0 Å². The van der Waals surface area contributed by atoms with Gasteiger partial charge in [-0.15, -0.1) is 0 Å². The Morgan fingerprint density at radius 1 is 1.36 bits per heavy atom. The van der Waals surface area contributed by atoms with E-state index in [1.165, 1.54) is 25.9 Å². The maximum absolute atomic E-state index is 5.36. The van der Waals surface area contributed by atoms with Gasteiger partial charge in [0.15, 0.2) is 5.96 Å². The summed E-state index contributed by atoms with van der Waals surface area (Å²) in [4.78, 5) is 7.32. The first kappa shape index (κ1) is 19.2. The van der Waals surface area contributed by atoms with Crippen LogP contribution in [0.1, 0.15) is 47.0 Å². The standard InChI is InChI=1S/C17H36N4O/c1-5-18-17(19-10-8-12-22-6-2)20-13-16(4)21-11-7-9-15(3)14-21/h15-16H,5-14H2,1-4H3,(H2,18,19,20). The Labute approximate surface area is 136 Å². The molecule has 0 radical (unpaired) electrons. The van der Waals surface area contributed by atoms with Crippen molar-refractivity contribution in [2.45, 2.75) is 53.0 Å². The summed E-state index contributed by atoms with van der Waals surface area (Å²) in [5.41, 5.74) is 0. The lowest BCUT2D eigenvalue weighted by Gasteiger charge is -2.35. The van der Waals surface area contributed by atoms with Gasteiger partial charge in [-0.05, 0) is 52.5 Å². The van der Waals surface area contributed by atoms with E-state index in [9.17, 15) is 0 Å². The minimum Gasteiger partial charge on any atom is -0.382 e. The molecule has 0 amide bonds. The highest BCUT2D eigenvalue weighted by molar-refractivity contribution is 5.79. The van der Waals surface area contributed by atoms with E-state index in [1.54, 1.807) is 0 Å². The van der Waals surface area contributed by atoms with Crippen molar-refractivity contribution in [1.82, 2.24) is 15.5 Å². The number of ether oxygens (including phenoxy) is 1. The minimum absolute atomic E-state index is 0.515. The summed E-state index contributed by atoms with van der Waals surface area (Å²) in [5.74, 6) is 1.75. The van der Waals surface area contributed by atoms with Crippen LogP contribution in [-0.4, -0.2) is 62.8 Å². The molecule has 22 heavy (non-hydrogen) atoms. The summed E-state index contributed by atoms with van der Waals surface area (Å²) in [7, 11) is 0. The van der Waals surface area contributed by atoms with E-state index in [1.807, 2.05) is 6.92 Å². The molecule has 5 heteroatoms. The van der Waals surface area contributed by atoms with E-state index in [2.05, 4.69) is 36.3 Å². The number of nitrogens with zero attached hydrogens (tertiary/aromatic N) is 2. The van der Waals surface area contributed by atoms with Crippen LogP contribution in [0.4, 0.5) is 0 Å². The molecule has 1 rings (SSSR count). The average molecular weight is 313 g/mol. The Morgan fingerprint density at radius 3 is 2.86 bits per heavy atom. The largest absolute Gasteiger partial charge is 0.382 e. The van der Waals surface area contributed by atoms with Gasteiger partial charge in [-0.3, -0.25) is 9.89 Å². The highest BCUT2D eigenvalue weighted by Crippen LogP contribution is 2.17. The molecule has 2 N–H and O–H groups in total. The van der Waals surface area contributed by atoms with Gasteiger partial charge in [0.05, 0.1) is 6.54 Å². The van der Waals surface area contributed by atoms with Gasteiger partial charge in [0.1, 0.15) is 0 Å². The maximum Gasteiger partial charge on any atom is 0.191 e. The highest BCUT2D eigenvalue weighted by Gasteiger charge is 2.20. The molecule has 1 aliphatic heterocycles. The molecule has 0 aromatic carbocycles. The Balaban J connectivity index is 2.33. The van der Waals surface area contributed by atoms with Gasteiger partial charge in [-0.25, -0.2) is 0 Å². The Kier molecular flexibility index (Phi) is 10.2. The van der Waals surface area contributed by atoms with E-state index in [-0.39, 0.29) is 0 Å². The summed E-state index contributed by atoms with van der Waals surface area (Å²) in [6, 6.07) is 0.515. The third kappa shape index (κ3) is 7.99. The van der Waals surface area contributed by atoms with Crippen LogP contribution in [0.3, 0.4) is 0 Å². The zero-order chi connectivity index (χ0) is 16.2. The van der Waals surface area contributed by atoms with Crippen LogP contribution in [-0.2, 0) is 4.74 Å². The van der Waals surface area contributed by atoms with Crippen molar-refractivity contribution in [2.75, 3.05) is 45.9 Å². The van der Waals surface area contributed by atoms with Crippen LogP contribution in [0.15, 0.2) is 4.99 Å². The van der Waals surface area contributed by atoms with Crippen molar-refractivity contribution in [3.05, 3.63) is 0 Å². The second-order valence-corrected chi connectivity index (χ2v) is 6.29. The van der Waals surface area contributed by atoms with Crippen molar-refractivity contribution in [1.29, 1.82) is 0 Å². The maximum atomic E-state index is 5.36. The molecule has 2 unspecified atom stereocenters. The summed E-state index contributed by atoms with van der Waals surface area (Å²) < 4.78 is 5.36. The van der Waals surface area contributed by atoms with Gasteiger partial charge < -0.3 is 15.4 Å². The minimum atomic E-state index is 0.515. The van der Waals surface area contributed by atoms with E-state index in [0.29, 0.717) is 6.04 Å². The van der Waals surface area contributed by atoms with E-state index in [0.717, 1.165) is 51.1 Å². The fourth-order valence-corrected chi connectivity index (χ4v) is 2.83. The van der Waals surface area contributed by atoms with Crippen LogP contribution in [0, 0.1) is 5.92 Å². The molecule has 1 fully saturated rings. The first-order valence-electron chi connectivity index (χ1n) is 9.01. The Morgan fingerprint density at radius 2 is 2.18 bits per heavy atom. The normalized spacial score (nSPS) is 21.6. The SMILES string of the molecule is CCNC(=NCC(C)N1CCCC(C)C1)NCCCOCC. The second kappa shape index (κ2) is 11.7. The third-order valence-corrected chi connectivity index (χ3v) is 4.13. The number of piperidine rings is 1. The fraction of sp³-hybridized carbons (Fsp3) is 0.941. The summed E-state index contributed by atoms with van der Waals surface area (Å²) >= 11 is 0. The van der Waals surface area contributed by atoms with Crippen molar-refractivity contribution < 1.29 is 4.74 Å². The molecule has 0 spiro atoms. The van der Waals surface area contributed by atoms with Crippen molar-refractivity contribution in [3.63, 3.8) is 0 Å². The monoisotopic (exact) mass is 312 g/mol. The molecule has 1 saturated heterocycles. The quantitative estimate of drug-likeness (QED) is 0.389. The van der Waals surface area contributed by atoms with Gasteiger partial charge in [-0.1, -0.05) is 6.92 Å². The molecule has 0 aliphatic carbocycles. The lowest BCUT2D eigenvalue weighted by Crippen LogP contribution is -2.43. The molecule has 0 aromatic rings. The summed E-state index contributed by atoms with van der Waals surface area (Å²) in [5, 5.41) is 6.71. The van der Waals surface area contributed by atoms with Gasteiger partial charge in [-0.2, -0.15) is 0 Å². The molecule has 0 bridgehead atoms. The van der Waals surface area contributed by atoms with Crippen LogP contribution >= 0.6 is 0 Å². The Bertz CT molecular complexity index is 309. The lowest BCUT2D eigenvalue weighted by molar-refractivity contribution is 0.142. The first-order chi connectivity index (χ1) is 10.7. The molecule has 0 aromatic heterocycles. The number of guanidine groups is 1. The fourth-order valence-electron chi connectivity index (χ4n) is 2.83. The zero-order valence-electron chi connectivity index (χ0n) is 15.0. The smallest absolute Gasteiger partial charge is 0.191 e. The second-order valence-electron chi connectivity index (χ2n) is 6.29. The molecule has 5 nitrogen and oxygen atoms in total. The van der Waals surface area contributed by atoms with Crippen molar-refractivity contribution in [3.8, 4) is 0 Å². The van der Waals surface area contributed by atoms with Crippen LogP contribution in [0.25, 0.3) is 0 Å². The molecular weight excluding hydrogens is 276 g/mol. The van der Waals surface area contributed by atoms with E-state index in [4.69, 9.17) is 9.73 Å². The third-order valence-electron chi connectivity index (χ3n) is 4.13. The number of hydrogen-bond donors (Lipinski definition) is 2. The van der Waals surface area contributed by atoms with Crippen molar-refractivity contribution in [2.24, 2.45) is 10.9 Å². The molecule has 130 valence electrons. The van der Waals surface area contributed by atoms with Crippen LogP contribution < -0.4 is 10.6 Å². The number of aliphatic imine (C=N–C) groups is 1. The molecule has 1 aliphatic rings. The number of likely N-dealkylation sites (tertiary alicyclic amines) is 1. The van der Waals surface area contributed by atoms with Gasteiger partial charge >= 0.3 is 0 Å². The number of hydrogen-bond acceptors (Lipinski definition) is 3. The predicted molar refractivity (Wildman–Crippen MR) is 94.5 cm³/mol. The van der Waals surface area contributed by atoms with E-state index >= 15 is 0 Å². The average Bonchev–Trinajstić information content (AvgIpc) is 2.52. The number of rotatable bonds is 9. The summed E-state index contributed by atoms with van der Waals surface area (Å²) in [6.07, 6.45) is 3.71. The highest BCUT2D eigenvalue weighted by atomic mass is 16.5. The van der Waals surface area contributed by atoms with Gasteiger partial charge in [0, 0.05) is 38.9 Å². The Hall–Kier alpha value is -0.810. The van der Waals surface area contributed by atoms with Gasteiger partial charge in [0.25, 0.3) is 0 Å². The summed E-state index contributed by atoms with van der Waals surface area (Å²) in [6.45, 7) is 15.5. The first-order valence-corrected chi connectivity index (χ1v) is 9.01. The predicted octanol–water partition coefficient (Wildman–Crippen LogP) is 2.09. The lowest BCUT2D eigenvalue weighted by atomic mass is 9.99. The number of nitrogens with one attached hydrogen (secondary N) is 2. The topological polar surface area (TPSA) is 48.9 Å². The van der Waals surface area contributed by atoms with Crippen molar-refractivity contribution >= 4 is 5.96 Å². The molecule has 1 heterocycles. The molecular formula is C17H36N4O. The van der Waals surface area contributed by atoms with E-state index < -0.39 is 0 Å². The molecule has 0 saturated carbocycles. The van der Waals surface area contributed by atoms with Crippen LogP contribution in [0.5, 0.6) is 0 Å². The zero-order valence-corrected chi connectivity index (χ0v) is 15.0. The van der Waals surface area contributed by atoms with Crippen LogP contribution in [0.2, 0.25) is 0 Å².